The zero-order chi connectivity index (χ0) is 16.7. The molecule has 4 rings (SSSR count). The topological polar surface area (TPSA) is 102 Å². The quantitative estimate of drug-likeness (QED) is 0.839. The van der Waals surface area contributed by atoms with E-state index in [9.17, 15) is 10.5 Å². The van der Waals surface area contributed by atoms with Crippen molar-refractivity contribution in [2.45, 2.75) is 5.92 Å². The molecule has 0 saturated heterocycles. The standard InChI is InChI=1S/C18H12N6/c19-9-12-16(11-5-7-22-8-6-11)13(10-20)18-23-14-3-1-2-4-15(14)24(18)17(12)21/h1-8,16,23H,21H2/t16-/m0/s1. The van der Waals surface area contributed by atoms with Gasteiger partial charge in [-0.05, 0) is 29.8 Å². The van der Waals surface area contributed by atoms with Crippen molar-refractivity contribution in [1.82, 2.24) is 4.98 Å². The first-order chi connectivity index (χ1) is 11.8. The van der Waals surface area contributed by atoms with Crippen molar-refractivity contribution < 1.29 is 0 Å². The fraction of sp³-hybridized carbons (Fsp3) is 0.0556. The van der Waals surface area contributed by atoms with E-state index < -0.39 is 5.92 Å². The van der Waals surface area contributed by atoms with Crippen LogP contribution < -0.4 is 16.0 Å². The van der Waals surface area contributed by atoms with Gasteiger partial charge in [-0.3, -0.25) is 9.88 Å². The minimum Gasteiger partial charge on any atom is -0.384 e. The number of rotatable bonds is 1. The van der Waals surface area contributed by atoms with Gasteiger partial charge in [0.2, 0.25) is 0 Å². The molecular weight excluding hydrogens is 300 g/mol. The van der Waals surface area contributed by atoms with Crippen molar-refractivity contribution >= 4 is 11.4 Å². The summed E-state index contributed by atoms with van der Waals surface area (Å²) in [7, 11) is 0. The van der Waals surface area contributed by atoms with E-state index >= 15 is 0 Å². The SMILES string of the molecule is N#CC1=C(N)N2C(=C(C#N)[C@H]1c1ccncc1)Nc1ccccc12. The number of benzene rings is 1. The van der Waals surface area contributed by atoms with Crippen LogP contribution in [0.1, 0.15) is 11.5 Å². The monoisotopic (exact) mass is 312 g/mol. The van der Waals surface area contributed by atoms with Gasteiger partial charge in [0.15, 0.2) is 0 Å². The lowest BCUT2D eigenvalue weighted by molar-refractivity contribution is 0.866. The summed E-state index contributed by atoms with van der Waals surface area (Å²) >= 11 is 0. The summed E-state index contributed by atoms with van der Waals surface area (Å²) < 4.78 is 0. The Bertz CT molecular complexity index is 975. The Kier molecular flexibility index (Phi) is 2.97. The van der Waals surface area contributed by atoms with Gasteiger partial charge >= 0.3 is 0 Å². The molecule has 1 atom stereocenters. The molecule has 2 aliphatic rings. The van der Waals surface area contributed by atoms with Gasteiger partial charge in [-0.2, -0.15) is 10.5 Å². The fourth-order valence-electron chi connectivity index (χ4n) is 3.19. The average Bonchev–Trinajstić information content (AvgIpc) is 3.02. The van der Waals surface area contributed by atoms with Gasteiger partial charge in [0.1, 0.15) is 11.6 Å². The molecule has 1 aromatic carbocycles. The van der Waals surface area contributed by atoms with Crippen LogP contribution in [0.3, 0.4) is 0 Å². The maximum atomic E-state index is 9.79. The molecule has 0 radical (unpaired) electrons. The number of nitrogens with one attached hydrogen (secondary N) is 1. The van der Waals surface area contributed by atoms with Crippen molar-refractivity contribution in [2.24, 2.45) is 5.73 Å². The number of para-hydroxylation sites is 2. The number of allylic oxidation sites excluding steroid dienone is 2. The van der Waals surface area contributed by atoms with E-state index in [0.717, 1.165) is 16.9 Å². The Balaban J connectivity index is 1.99. The highest BCUT2D eigenvalue weighted by Gasteiger charge is 2.39. The molecule has 0 saturated carbocycles. The third kappa shape index (κ3) is 1.77. The van der Waals surface area contributed by atoms with Gasteiger partial charge in [-0.1, -0.05) is 12.1 Å². The number of anilines is 2. The summed E-state index contributed by atoms with van der Waals surface area (Å²) in [6.07, 6.45) is 3.28. The molecule has 6 nitrogen and oxygen atoms in total. The predicted octanol–water partition coefficient (Wildman–Crippen LogP) is 2.54. The molecule has 3 heterocycles. The van der Waals surface area contributed by atoms with Gasteiger partial charge in [0, 0.05) is 12.4 Å². The molecule has 0 aliphatic carbocycles. The summed E-state index contributed by atoms with van der Waals surface area (Å²) in [6, 6.07) is 15.7. The van der Waals surface area contributed by atoms with Crippen LogP contribution in [0.4, 0.5) is 11.4 Å². The molecule has 1 aromatic heterocycles. The number of fused-ring (bicyclic) bond motifs is 3. The van der Waals surface area contributed by atoms with E-state index in [2.05, 4.69) is 22.4 Å². The largest absolute Gasteiger partial charge is 0.384 e. The van der Waals surface area contributed by atoms with E-state index in [0.29, 0.717) is 22.8 Å². The van der Waals surface area contributed by atoms with Crippen LogP contribution in [0.2, 0.25) is 0 Å². The molecule has 0 fully saturated rings. The first-order valence-electron chi connectivity index (χ1n) is 7.36. The van der Waals surface area contributed by atoms with Gasteiger partial charge in [-0.15, -0.1) is 0 Å². The van der Waals surface area contributed by atoms with Gasteiger partial charge in [-0.25, -0.2) is 0 Å². The van der Waals surface area contributed by atoms with E-state index in [1.54, 1.807) is 29.4 Å². The summed E-state index contributed by atoms with van der Waals surface area (Å²) in [6.45, 7) is 0. The van der Waals surface area contributed by atoms with E-state index in [4.69, 9.17) is 5.73 Å². The molecule has 2 aromatic rings. The highest BCUT2D eigenvalue weighted by Crippen LogP contribution is 2.47. The van der Waals surface area contributed by atoms with Crippen molar-refractivity contribution in [3.63, 3.8) is 0 Å². The zero-order valence-electron chi connectivity index (χ0n) is 12.6. The smallest absolute Gasteiger partial charge is 0.131 e. The predicted molar refractivity (Wildman–Crippen MR) is 89.0 cm³/mol. The third-order valence-electron chi connectivity index (χ3n) is 4.25. The maximum absolute atomic E-state index is 9.79. The summed E-state index contributed by atoms with van der Waals surface area (Å²) in [5.41, 5.74) is 9.64. The highest BCUT2D eigenvalue weighted by atomic mass is 15.4. The lowest BCUT2D eigenvalue weighted by Gasteiger charge is -2.31. The summed E-state index contributed by atoms with van der Waals surface area (Å²) in [5, 5.41) is 22.7. The lowest BCUT2D eigenvalue weighted by Crippen LogP contribution is -2.34. The van der Waals surface area contributed by atoms with Crippen LogP contribution in [-0.2, 0) is 0 Å². The number of nitrogens with zero attached hydrogens (tertiary/aromatic N) is 4. The van der Waals surface area contributed by atoms with E-state index in [1.165, 1.54) is 0 Å². The van der Waals surface area contributed by atoms with Crippen LogP contribution >= 0.6 is 0 Å². The second kappa shape index (κ2) is 5.15. The number of hydrogen-bond donors (Lipinski definition) is 2. The number of nitriles is 2. The molecular formula is C18H12N6. The first-order valence-corrected chi connectivity index (χ1v) is 7.36. The van der Waals surface area contributed by atoms with Gasteiger partial charge in [0.25, 0.3) is 0 Å². The Labute approximate surface area is 138 Å². The van der Waals surface area contributed by atoms with Crippen LogP contribution in [0.25, 0.3) is 0 Å². The van der Waals surface area contributed by atoms with Crippen molar-refractivity contribution in [2.75, 3.05) is 10.2 Å². The van der Waals surface area contributed by atoms with E-state index in [-0.39, 0.29) is 0 Å². The van der Waals surface area contributed by atoms with Crippen LogP contribution in [-0.4, -0.2) is 4.98 Å². The van der Waals surface area contributed by atoms with Crippen molar-refractivity contribution in [3.8, 4) is 12.1 Å². The zero-order valence-corrected chi connectivity index (χ0v) is 12.6. The van der Waals surface area contributed by atoms with Crippen LogP contribution in [0.5, 0.6) is 0 Å². The Morgan fingerprint density at radius 3 is 2.46 bits per heavy atom. The minimum absolute atomic E-state index is 0.339. The summed E-state index contributed by atoms with van der Waals surface area (Å²) in [4.78, 5) is 5.74. The minimum atomic E-state index is -0.504. The second-order valence-electron chi connectivity index (χ2n) is 5.48. The van der Waals surface area contributed by atoms with Crippen molar-refractivity contribution in [1.29, 1.82) is 10.5 Å². The normalized spacial score (nSPS) is 18.4. The molecule has 6 heteroatoms. The lowest BCUT2D eigenvalue weighted by atomic mass is 9.83. The molecule has 0 bridgehead atoms. The van der Waals surface area contributed by atoms with Crippen molar-refractivity contribution in [3.05, 3.63) is 77.1 Å². The molecule has 24 heavy (non-hydrogen) atoms. The molecule has 0 unspecified atom stereocenters. The fourth-order valence-corrected chi connectivity index (χ4v) is 3.19. The number of hydrogen-bond acceptors (Lipinski definition) is 6. The molecule has 0 amide bonds. The number of nitrogens with two attached hydrogens (primary N) is 1. The first kappa shape index (κ1) is 13.9. The summed E-state index contributed by atoms with van der Waals surface area (Å²) in [5.74, 6) is 0.443. The molecule has 2 aliphatic heterocycles. The maximum Gasteiger partial charge on any atom is 0.131 e. The second-order valence-corrected chi connectivity index (χ2v) is 5.48. The Morgan fingerprint density at radius 2 is 1.75 bits per heavy atom. The highest BCUT2D eigenvalue weighted by molar-refractivity contribution is 5.86. The van der Waals surface area contributed by atoms with Crippen LogP contribution in [0, 0.1) is 22.7 Å². The average molecular weight is 312 g/mol. The molecule has 114 valence electrons. The van der Waals surface area contributed by atoms with E-state index in [1.807, 2.05) is 24.3 Å². The number of pyridine rings is 1. The molecule has 3 N–H and O–H groups in total. The van der Waals surface area contributed by atoms with Gasteiger partial charge < -0.3 is 11.1 Å². The van der Waals surface area contributed by atoms with Crippen LogP contribution in [0.15, 0.2) is 71.6 Å². The van der Waals surface area contributed by atoms with Gasteiger partial charge in [0.05, 0.1) is 40.6 Å². The third-order valence-corrected chi connectivity index (χ3v) is 4.25. The Morgan fingerprint density at radius 1 is 1.04 bits per heavy atom. The molecule has 0 spiro atoms. The number of aromatic nitrogens is 1. The Hall–Kier alpha value is -3.77.